The Bertz CT molecular complexity index is 1350. The van der Waals surface area contributed by atoms with E-state index in [0.717, 1.165) is 35.8 Å². The zero-order chi connectivity index (χ0) is 26.2. The molecular formula is C28H30N6O3S. The van der Waals surface area contributed by atoms with E-state index >= 15 is 0 Å². The number of fused-ring (bicyclic) bond motifs is 1. The van der Waals surface area contributed by atoms with Gasteiger partial charge < -0.3 is 30.0 Å². The van der Waals surface area contributed by atoms with Gasteiger partial charge in [-0.2, -0.15) is 11.8 Å². The van der Waals surface area contributed by atoms with E-state index in [1.165, 1.54) is 5.56 Å². The molecule has 5 rings (SSSR count). The molecule has 38 heavy (non-hydrogen) atoms. The molecule has 0 aliphatic carbocycles. The van der Waals surface area contributed by atoms with E-state index in [-0.39, 0.29) is 12.7 Å². The standard InChI is InChI=1S/C28H30N6O3S/c1-38-17-23(28(35)31-16-21-7-8-24-25(13-21)37-19-36-24)32-27-15-22(34-12-11-29-18-34)14-26(33-27)30-10-9-20-5-3-2-4-6-20/h2-8,11-15,18,23H,9-10,16-17,19H2,1H3,(H,31,35)(H2,30,32,33)/t23-/m0/s1. The van der Waals surface area contributed by atoms with Crippen LogP contribution in [0, 0.1) is 0 Å². The number of rotatable bonds is 12. The molecule has 3 heterocycles. The largest absolute Gasteiger partial charge is 0.454 e. The van der Waals surface area contributed by atoms with Crippen molar-refractivity contribution in [3.8, 4) is 17.2 Å². The molecule has 10 heteroatoms. The fourth-order valence-electron chi connectivity index (χ4n) is 4.11. The predicted molar refractivity (Wildman–Crippen MR) is 150 cm³/mol. The summed E-state index contributed by atoms with van der Waals surface area (Å²) in [6.45, 7) is 1.34. The van der Waals surface area contributed by atoms with Gasteiger partial charge in [-0.25, -0.2) is 9.97 Å². The highest BCUT2D eigenvalue weighted by Crippen LogP contribution is 2.32. The van der Waals surface area contributed by atoms with E-state index in [0.29, 0.717) is 23.9 Å². The number of nitrogens with zero attached hydrogens (tertiary/aromatic N) is 3. The summed E-state index contributed by atoms with van der Waals surface area (Å²) in [4.78, 5) is 22.1. The van der Waals surface area contributed by atoms with Crippen molar-refractivity contribution in [2.45, 2.75) is 19.0 Å². The van der Waals surface area contributed by atoms with Crippen LogP contribution in [0.25, 0.3) is 5.69 Å². The third kappa shape index (κ3) is 6.57. The fourth-order valence-corrected chi connectivity index (χ4v) is 4.68. The molecule has 196 valence electrons. The van der Waals surface area contributed by atoms with Gasteiger partial charge in [-0.05, 0) is 35.9 Å². The van der Waals surface area contributed by atoms with Crippen molar-refractivity contribution in [2.24, 2.45) is 0 Å². The van der Waals surface area contributed by atoms with Gasteiger partial charge in [0.05, 0.1) is 12.0 Å². The second-order valence-electron chi connectivity index (χ2n) is 8.79. The highest BCUT2D eigenvalue weighted by Gasteiger charge is 2.20. The molecule has 9 nitrogen and oxygen atoms in total. The van der Waals surface area contributed by atoms with E-state index in [2.05, 4.69) is 33.1 Å². The lowest BCUT2D eigenvalue weighted by Gasteiger charge is -2.20. The number of amides is 1. The molecule has 1 atom stereocenters. The van der Waals surface area contributed by atoms with E-state index in [1.807, 2.05) is 65.6 Å². The van der Waals surface area contributed by atoms with Crippen molar-refractivity contribution in [1.29, 1.82) is 0 Å². The van der Waals surface area contributed by atoms with Crippen molar-refractivity contribution in [1.82, 2.24) is 19.9 Å². The Morgan fingerprint density at radius 3 is 2.71 bits per heavy atom. The van der Waals surface area contributed by atoms with E-state index in [4.69, 9.17) is 14.5 Å². The zero-order valence-electron chi connectivity index (χ0n) is 21.1. The van der Waals surface area contributed by atoms with Crippen LogP contribution in [0.5, 0.6) is 11.5 Å². The summed E-state index contributed by atoms with van der Waals surface area (Å²) in [7, 11) is 0. The van der Waals surface area contributed by atoms with Crippen LogP contribution in [-0.2, 0) is 17.8 Å². The maximum Gasteiger partial charge on any atom is 0.243 e. The molecule has 0 saturated carbocycles. The van der Waals surface area contributed by atoms with Crippen LogP contribution >= 0.6 is 11.8 Å². The van der Waals surface area contributed by atoms with Gasteiger partial charge in [-0.15, -0.1) is 0 Å². The van der Waals surface area contributed by atoms with E-state index in [1.54, 1.807) is 24.3 Å². The molecule has 0 fully saturated rings. The minimum absolute atomic E-state index is 0.106. The van der Waals surface area contributed by atoms with Crippen molar-refractivity contribution < 1.29 is 14.3 Å². The quantitative estimate of drug-likeness (QED) is 0.252. The van der Waals surface area contributed by atoms with Crippen LogP contribution in [-0.4, -0.2) is 51.8 Å². The number of imidazole rings is 1. The molecule has 1 aliphatic rings. The van der Waals surface area contributed by atoms with Crippen molar-refractivity contribution in [3.63, 3.8) is 0 Å². The number of ether oxygens (including phenoxy) is 2. The summed E-state index contributed by atoms with van der Waals surface area (Å²) in [6, 6.07) is 19.4. The highest BCUT2D eigenvalue weighted by molar-refractivity contribution is 7.98. The second-order valence-corrected chi connectivity index (χ2v) is 9.70. The third-order valence-electron chi connectivity index (χ3n) is 6.05. The summed E-state index contributed by atoms with van der Waals surface area (Å²) in [5, 5.41) is 9.81. The van der Waals surface area contributed by atoms with Crippen molar-refractivity contribution >= 4 is 29.3 Å². The summed E-state index contributed by atoms with van der Waals surface area (Å²) in [5.74, 6) is 3.22. The topological polar surface area (TPSA) is 102 Å². The van der Waals surface area contributed by atoms with Gasteiger partial charge in [0.2, 0.25) is 12.7 Å². The Hall–Kier alpha value is -4.18. The SMILES string of the molecule is CSC[C@H](Nc1cc(-n2ccnc2)cc(NCCc2ccccc2)n1)C(=O)NCc1ccc2c(c1)OCO2. The maximum absolute atomic E-state index is 13.2. The van der Waals surface area contributed by atoms with Crippen LogP contribution in [0.2, 0.25) is 0 Å². The molecule has 2 aromatic carbocycles. The number of aromatic nitrogens is 3. The van der Waals surface area contributed by atoms with Crippen LogP contribution in [0.3, 0.4) is 0 Å². The minimum atomic E-state index is -0.471. The molecule has 1 amide bonds. The lowest BCUT2D eigenvalue weighted by molar-refractivity contribution is -0.121. The number of hydrogen-bond acceptors (Lipinski definition) is 8. The average Bonchev–Trinajstić information content (AvgIpc) is 3.64. The first kappa shape index (κ1) is 25.5. The zero-order valence-corrected chi connectivity index (χ0v) is 21.9. The Kier molecular flexibility index (Phi) is 8.29. The molecular weight excluding hydrogens is 500 g/mol. The normalized spacial score (nSPS) is 12.7. The summed E-state index contributed by atoms with van der Waals surface area (Å²) in [6.07, 6.45) is 8.20. The molecule has 0 saturated heterocycles. The summed E-state index contributed by atoms with van der Waals surface area (Å²) < 4.78 is 12.7. The number of hydrogen-bond donors (Lipinski definition) is 3. The van der Waals surface area contributed by atoms with Gasteiger partial charge in [-0.1, -0.05) is 36.4 Å². The van der Waals surface area contributed by atoms with Crippen LogP contribution in [0.1, 0.15) is 11.1 Å². The van der Waals surface area contributed by atoms with Crippen LogP contribution < -0.4 is 25.4 Å². The lowest BCUT2D eigenvalue weighted by Crippen LogP contribution is -2.41. The average molecular weight is 531 g/mol. The molecule has 0 unspecified atom stereocenters. The Labute approximate surface area is 226 Å². The molecule has 1 aliphatic heterocycles. The number of nitrogens with one attached hydrogen (secondary N) is 3. The molecule has 0 spiro atoms. The van der Waals surface area contributed by atoms with E-state index < -0.39 is 6.04 Å². The van der Waals surface area contributed by atoms with Gasteiger partial charge >= 0.3 is 0 Å². The van der Waals surface area contributed by atoms with Crippen molar-refractivity contribution in [3.05, 3.63) is 90.5 Å². The number of benzene rings is 2. The Morgan fingerprint density at radius 2 is 1.89 bits per heavy atom. The van der Waals surface area contributed by atoms with Gasteiger partial charge in [-0.3, -0.25) is 4.79 Å². The molecule has 3 N–H and O–H groups in total. The highest BCUT2D eigenvalue weighted by atomic mass is 32.2. The van der Waals surface area contributed by atoms with Gasteiger partial charge in [0, 0.05) is 43.4 Å². The fraction of sp³-hybridized carbons (Fsp3) is 0.250. The molecule has 0 radical (unpaired) electrons. The maximum atomic E-state index is 13.2. The Balaban J connectivity index is 1.27. The first-order valence-corrected chi connectivity index (χ1v) is 13.8. The molecule has 4 aromatic rings. The van der Waals surface area contributed by atoms with E-state index in [9.17, 15) is 4.79 Å². The first-order valence-electron chi connectivity index (χ1n) is 12.4. The number of anilines is 2. The summed E-state index contributed by atoms with van der Waals surface area (Å²) >= 11 is 1.59. The third-order valence-corrected chi connectivity index (χ3v) is 6.72. The summed E-state index contributed by atoms with van der Waals surface area (Å²) in [5.41, 5.74) is 3.09. The number of carbonyl (C=O) groups is 1. The molecule has 2 aromatic heterocycles. The minimum Gasteiger partial charge on any atom is -0.454 e. The number of thioether (sulfide) groups is 1. The number of pyridine rings is 1. The van der Waals surface area contributed by atoms with Crippen LogP contribution in [0.15, 0.2) is 79.4 Å². The second kappa shape index (κ2) is 12.4. The van der Waals surface area contributed by atoms with Gasteiger partial charge in [0.15, 0.2) is 11.5 Å². The smallest absolute Gasteiger partial charge is 0.243 e. The van der Waals surface area contributed by atoms with Gasteiger partial charge in [0.1, 0.15) is 17.7 Å². The Morgan fingerprint density at radius 1 is 1.05 bits per heavy atom. The molecule has 0 bridgehead atoms. The lowest BCUT2D eigenvalue weighted by atomic mass is 10.1. The predicted octanol–water partition coefficient (Wildman–Crippen LogP) is 4.11. The van der Waals surface area contributed by atoms with Crippen molar-refractivity contribution in [2.75, 3.05) is 36.0 Å². The van der Waals surface area contributed by atoms with Gasteiger partial charge in [0.25, 0.3) is 0 Å². The monoisotopic (exact) mass is 530 g/mol. The number of carbonyl (C=O) groups excluding carboxylic acids is 1. The van der Waals surface area contributed by atoms with Crippen LogP contribution in [0.4, 0.5) is 11.6 Å². The first-order chi connectivity index (χ1) is 18.7.